The minimum absolute atomic E-state index is 0.0504. The number of hydrogen-bond acceptors (Lipinski definition) is 7. The van der Waals surface area contributed by atoms with Gasteiger partial charge in [0.05, 0.1) is 24.2 Å². The van der Waals surface area contributed by atoms with Crippen LogP contribution in [0, 0.1) is 11.8 Å². The van der Waals surface area contributed by atoms with Gasteiger partial charge in [0.2, 0.25) is 5.91 Å². The Hall–Kier alpha value is -2.71. The molecule has 0 bridgehead atoms. The van der Waals surface area contributed by atoms with Crippen molar-refractivity contribution in [2.45, 2.75) is 91.4 Å². The topological polar surface area (TPSA) is 117 Å². The molecule has 3 N–H and O–H groups in total. The zero-order chi connectivity index (χ0) is 26.1. The quantitative estimate of drug-likeness (QED) is 0.359. The van der Waals surface area contributed by atoms with E-state index in [1.54, 1.807) is 37.3 Å². The van der Waals surface area contributed by atoms with Crippen LogP contribution in [-0.2, 0) is 28.6 Å². The average Bonchev–Trinajstić information content (AvgIpc) is 2.83. The van der Waals surface area contributed by atoms with Gasteiger partial charge in [0.1, 0.15) is 0 Å². The molecule has 35 heavy (non-hydrogen) atoms. The van der Waals surface area contributed by atoms with Crippen LogP contribution < -0.4 is 11.1 Å². The molecule has 0 fully saturated rings. The number of nitrogens with one attached hydrogen (secondary N) is 1. The van der Waals surface area contributed by atoms with Gasteiger partial charge < -0.3 is 25.3 Å². The normalized spacial score (nSPS) is 21.7. The molecule has 8 heteroatoms. The third-order valence-electron chi connectivity index (χ3n) is 6.41. The van der Waals surface area contributed by atoms with Crippen LogP contribution in [0.4, 0.5) is 0 Å². The lowest BCUT2D eigenvalue weighted by molar-refractivity contribution is -0.191. The van der Waals surface area contributed by atoms with E-state index in [-0.39, 0.29) is 30.3 Å². The van der Waals surface area contributed by atoms with Gasteiger partial charge in [-0.1, -0.05) is 65.0 Å². The minimum atomic E-state index is -1.19. The SMILES string of the molecule is CCC(CC)O[C@@H]1C=C(C(=O)OC(OC(=O)[C@H](C)C(C)C)c2ccccc2)C[C@H](N)[C@H]1NC(C)=O. The van der Waals surface area contributed by atoms with Gasteiger partial charge in [0, 0.05) is 24.1 Å². The predicted molar refractivity (Wildman–Crippen MR) is 133 cm³/mol. The Morgan fingerprint density at radius 3 is 2.23 bits per heavy atom. The summed E-state index contributed by atoms with van der Waals surface area (Å²) in [6.45, 7) is 11.1. The van der Waals surface area contributed by atoms with Crippen LogP contribution in [0.15, 0.2) is 42.0 Å². The Morgan fingerprint density at radius 2 is 1.69 bits per heavy atom. The first-order valence-electron chi connectivity index (χ1n) is 12.4. The summed E-state index contributed by atoms with van der Waals surface area (Å²) >= 11 is 0. The standard InChI is InChI=1S/C27H40N2O6/c1-7-21(8-2)33-23-15-20(14-22(28)24(23)29-18(6)30)26(32)35-27(19-12-10-9-11-13-19)34-25(31)17(5)16(3)4/h9-13,15-17,21-24,27H,7-8,14,28H2,1-6H3,(H,29,30)/t17-,22+,23-,24-,27?/m1/s1. The molecule has 8 nitrogen and oxygen atoms in total. The zero-order valence-electron chi connectivity index (χ0n) is 21.7. The van der Waals surface area contributed by atoms with Crippen molar-refractivity contribution in [2.24, 2.45) is 17.6 Å². The highest BCUT2D eigenvalue weighted by Gasteiger charge is 2.37. The number of rotatable bonds is 11. The summed E-state index contributed by atoms with van der Waals surface area (Å²) < 4.78 is 17.5. The molecule has 0 heterocycles. The van der Waals surface area contributed by atoms with E-state index in [9.17, 15) is 14.4 Å². The Bertz CT molecular complexity index is 881. The maximum Gasteiger partial charge on any atom is 0.337 e. The molecule has 2 rings (SSSR count). The van der Waals surface area contributed by atoms with Crippen molar-refractivity contribution in [2.75, 3.05) is 0 Å². The van der Waals surface area contributed by atoms with Crippen molar-refractivity contribution in [1.82, 2.24) is 5.32 Å². The van der Waals surface area contributed by atoms with E-state index in [1.165, 1.54) is 6.92 Å². The number of carbonyl (C=O) groups is 3. The monoisotopic (exact) mass is 488 g/mol. The lowest BCUT2D eigenvalue weighted by Crippen LogP contribution is -2.57. The Kier molecular flexibility index (Phi) is 10.9. The number of benzene rings is 1. The summed E-state index contributed by atoms with van der Waals surface area (Å²) in [5.41, 5.74) is 7.24. The van der Waals surface area contributed by atoms with Crippen molar-refractivity contribution < 1.29 is 28.6 Å². The van der Waals surface area contributed by atoms with Crippen LogP contribution in [0.3, 0.4) is 0 Å². The number of ether oxygens (including phenoxy) is 3. The predicted octanol–water partition coefficient (Wildman–Crippen LogP) is 3.80. The summed E-state index contributed by atoms with van der Waals surface area (Å²) in [6, 6.07) is 7.83. The Morgan fingerprint density at radius 1 is 1.06 bits per heavy atom. The van der Waals surface area contributed by atoms with Gasteiger partial charge >= 0.3 is 11.9 Å². The molecule has 1 aliphatic carbocycles. The molecule has 0 saturated carbocycles. The third-order valence-corrected chi connectivity index (χ3v) is 6.41. The third kappa shape index (κ3) is 8.18. The second-order valence-electron chi connectivity index (χ2n) is 9.44. The number of esters is 2. The van der Waals surface area contributed by atoms with E-state index in [0.29, 0.717) is 11.1 Å². The maximum atomic E-state index is 13.2. The Labute approximate surface area is 208 Å². The van der Waals surface area contributed by atoms with Gasteiger partial charge in [0.25, 0.3) is 6.29 Å². The first kappa shape index (κ1) is 28.5. The van der Waals surface area contributed by atoms with Gasteiger partial charge in [0.15, 0.2) is 0 Å². The van der Waals surface area contributed by atoms with Crippen LogP contribution in [0.5, 0.6) is 0 Å². The van der Waals surface area contributed by atoms with Gasteiger partial charge in [-0.15, -0.1) is 0 Å². The molecule has 1 aliphatic rings. The molecule has 1 aromatic carbocycles. The molecule has 0 aromatic heterocycles. The molecular formula is C27H40N2O6. The van der Waals surface area contributed by atoms with Crippen molar-refractivity contribution in [1.29, 1.82) is 0 Å². The number of nitrogens with two attached hydrogens (primary N) is 1. The molecular weight excluding hydrogens is 448 g/mol. The van der Waals surface area contributed by atoms with Crippen molar-refractivity contribution in [3.8, 4) is 0 Å². The summed E-state index contributed by atoms with van der Waals surface area (Å²) in [5.74, 6) is -1.60. The first-order valence-corrected chi connectivity index (χ1v) is 12.4. The van der Waals surface area contributed by atoms with Crippen LogP contribution in [-0.4, -0.2) is 42.1 Å². The second-order valence-corrected chi connectivity index (χ2v) is 9.44. The highest BCUT2D eigenvalue weighted by atomic mass is 16.7. The fourth-order valence-corrected chi connectivity index (χ4v) is 3.83. The zero-order valence-corrected chi connectivity index (χ0v) is 21.7. The summed E-state index contributed by atoms with van der Waals surface area (Å²) in [4.78, 5) is 37.7. The average molecular weight is 489 g/mol. The van der Waals surface area contributed by atoms with Crippen LogP contribution in [0.1, 0.15) is 72.7 Å². The van der Waals surface area contributed by atoms with E-state index >= 15 is 0 Å². The van der Waals surface area contributed by atoms with Crippen molar-refractivity contribution in [3.05, 3.63) is 47.5 Å². The van der Waals surface area contributed by atoms with Crippen molar-refractivity contribution >= 4 is 17.8 Å². The van der Waals surface area contributed by atoms with Gasteiger partial charge in [-0.3, -0.25) is 9.59 Å². The summed E-state index contributed by atoms with van der Waals surface area (Å²) in [5, 5.41) is 2.86. The van der Waals surface area contributed by atoms with Crippen molar-refractivity contribution in [3.63, 3.8) is 0 Å². The van der Waals surface area contributed by atoms with Gasteiger partial charge in [-0.25, -0.2) is 4.79 Å². The molecule has 0 spiro atoms. The molecule has 1 unspecified atom stereocenters. The molecule has 194 valence electrons. The van der Waals surface area contributed by atoms with E-state index in [2.05, 4.69) is 5.32 Å². The smallest absolute Gasteiger partial charge is 0.337 e. The molecule has 1 aromatic rings. The lowest BCUT2D eigenvalue weighted by Gasteiger charge is -2.36. The second kappa shape index (κ2) is 13.4. The van der Waals surface area contributed by atoms with Crippen LogP contribution in [0.25, 0.3) is 0 Å². The number of carbonyl (C=O) groups excluding carboxylic acids is 3. The molecule has 0 radical (unpaired) electrons. The summed E-state index contributed by atoms with van der Waals surface area (Å²) in [7, 11) is 0. The van der Waals surface area contributed by atoms with E-state index < -0.39 is 36.4 Å². The Balaban J connectivity index is 2.30. The number of hydrogen-bond donors (Lipinski definition) is 2. The highest BCUT2D eigenvalue weighted by Crippen LogP contribution is 2.28. The van der Waals surface area contributed by atoms with E-state index in [0.717, 1.165) is 12.8 Å². The van der Waals surface area contributed by atoms with Crippen LogP contribution in [0.2, 0.25) is 0 Å². The summed E-state index contributed by atoms with van der Waals surface area (Å²) in [6.07, 6.45) is 1.58. The van der Waals surface area contributed by atoms with Gasteiger partial charge in [-0.2, -0.15) is 0 Å². The number of amides is 1. The van der Waals surface area contributed by atoms with Gasteiger partial charge in [-0.05, 0) is 31.3 Å². The van der Waals surface area contributed by atoms with Crippen LogP contribution >= 0.6 is 0 Å². The molecule has 1 amide bonds. The molecule has 0 aliphatic heterocycles. The highest BCUT2D eigenvalue weighted by molar-refractivity contribution is 5.89. The molecule has 0 saturated heterocycles. The van der Waals surface area contributed by atoms with E-state index in [4.69, 9.17) is 19.9 Å². The minimum Gasteiger partial charge on any atom is -0.420 e. The lowest BCUT2D eigenvalue weighted by atomic mass is 9.88. The van der Waals surface area contributed by atoms with E-state index in [1.807, 2.05) is 33.8 Å². The fourth-order valence-electron chi connectivity index (χ4n) is 3.83. The molecule has 5 atom stereocenters. The maximum absolute atomic E-state index is 13.2. The fraction of sp³-hybridized carbons (Fsp3) is 0.593. The first-order chi connectivity index (χ1) is 16.6. The largest absolute Gasteiger partial charge is 0.420 e.